The van der Waals surface area contributed by atoms with E-state index in [0.717, 1.165) is 48.0 Å². The number of carbonyl (C=O) groups excluding carboxylic acids is 1. The Morgan fingerprint density at radius 2 is 1.92 bits per heavy atom. The summed E-state index contributed by atoms with van der Waals surface area (Å²) in [7, 11) is 0. The minimum Gasteiger partial charge on any atom is -0.395 e. The van der Waals surface area contributed by atoms with Crippen LogP contribution in [-0.4, -0.2) is 58.2 Å². The highest BCUT2D eigenvalue weighted by molar-refractivity contribution is 6.00. The molecule has 4 aromatic rings. The molecule has 0 radical (unpaired) electrons. The van der Waals surface area contributed by atoms with Crippen LogP contribution in [0.15, 0.2) is 79.5 Å². The first-order chi connectivity index (χ1) is 19.0. The second-order valence-corrected chi connectivity index (χ2v) is 9.51. The number of anilines is 4. The first-order valence-corrected chi connectivity index (χ1v) is 13.0. The molecule has 0 spiro atoms. The number of aliphatic hydroxyl groups excluding tert-OH is 1. The molecule has 5 rings (SSSR count). The van der Waals surface area contributed by atoms with Gasteiger partial charge in [-0.15, -0.1) is 0 Å². The van der Waals surface area contributed by atoms with Gasteiger partial charge in [0, 0.05) is 54.2 Å². The number of hydrogen-bond acceptors (Lipinski definition) is 7. The Morgan fingerprint density at radius 1 is 1.10 bits per heavy atom. The van der Waals surface area contributed by atoms with Crippen molar-refractivity contribution in [2.75, 3.05) is 42.2 Å². The maximum absolute atomic E-state index is 15.0. The van der Waals surface area contributed by atoms with Gasteiger partial charge in [-0.25, -0.2) is 14.4 Å². The number of amides is 1. The van der Waals surface area contributed by atoms with E-state index in [9.17, 15) is 9.18 Å². The Balaban J connectivity index is 1.33. The van der Waals surface area contributed by atoms with Gasteiger partial charge in [0.1, 0.15) is 5.82 Å². The molecule has 1 aromatic heterocycles. The summed E-state index contributed by atoms with van der Waals surface area (Å²) in [5.41, 5.74) is 4.16. The van der Waals surface area contributed by atoms with Crippen molar-refractivity contribution in [1.29, 1.82) is 0 Å². The van der Waals surface area contributed by atoms with Crippen LogP contribution in [0.2, 0.25) is 0 Å². The molecule has 9 heteroatoms. The van der Waals surface area contributed by atoms with Gasteiger partial charge < -0.3 is 26.0 Å². The van der Waals surface area contributed by atoms with E-state index in [0.29, 0.717) is 29.6 Å². The van der Waals surface area contributed by atoms with Crippen molar-refractivity contribution < 1.29 is 14.3 Å². The minimum absolute atomic E-state index is 0.159. The van der Waals surface area contributed by atoms with E-state index in [1.54, 1.807) is 18.3 Å². The lowest BCUT2D eigenvalue weighted by Crippen LogP contribution is -2.40. The zero-order chi connectivity index (χ0) is 27.2. The molecular weight excluding hydrogens is 495 g/mol. The number of carbonyl (C=O) groups is 1. The monoisotopic (exact) mass is 526 g/mol. The summed E-state index contributed by atoms with van der Waals surface area (Å²) in [4.78, 5) is 23.1. The van der Waals surface area contributed by atoms with Crippen LogP contribution in [-0.2, 0) is 4.79 Å². The van der Waals surface area contributed by atoms with Gasteiger partial charge in [0.05, 0.1) is 17.8 Å². The molecule has 0 saturated carbocycles. The van der Waals surface area contributed by atoms with Gasteiger partial charge in [-0.2, -0.15) is 0 Å². The summed E-state index contributed by atoms with van der Waals surface area (Å²) in [5.74, 6) is -0.282. The van der Waals surface area contributed by atoms with E-state index < -0.39 is 0 Å². The number of aliphatic hydroxyl groups is 1. The molecule has 2 heterocycles. The third-order valence-electron chi connectivity index (χ3n) is 6.83. The molecular formula is C30H31FN6O2. The second kappa shape index (κ2) is 12.0. The van der Waals surface area contributed by atoms with Crippen molar-refractivity contribution in [2.24, 2.45) is 0 Å². The van der Waals surface area contributed by atoms with Gasteiger partial charge in [-0.05, 0) is 54.8 Å². The van der Waals surface area contributed by atoms with Crippen molar-refractivity contribution >= 4 is 39.8 Å². The van der Waals surface area contributed by atoms with Gasteiger partial charge >= 0.3 is 0 Å². The fourth-order valence-corrected chi connectivity index (χ4v) is 4.81. The molecule has 0 unspecified atom stereocenters. The van der Waals surface area contributed by atoms with Crippen molar-refractivity contribution in [3.8, 4) is 11.1 Å². The molecule has 200 valence electrons. The van der Waals surface area contributed by atoms with Gasteiger partial charge in [0.15, 0.2) is 0 Å². The van der Waals surface area contributed by atoms with E-state index in [2.05, 4.69) is 32.4 Å². The van der Waals surface area contributed by atoms with Crippen molar-refractivity contribution in [3.05, 3.63) is 85.3 Å². The highest BCUT2D eigenvalue weighted by Gasteiger charge is 2.19. The zero-order valence-corrected chi connectivity index (χ0v) is 21.5. The minimum atomic E-state index is -0.349. The fraction of sp³-hybridized carbons (Fsp3) is 0.233. The molecule has 0 aliphatic carbocycles. The Morgan fingerprint density at radius 3 is 2.69 bits per heavy atom. The Hall–Kier alpha value is -4.34. The lowest BCUT2D eigenvalue weighted by Gasteiger charge is -2.32. The van der Waals surface area contributed by atoms with Crippen LogP contribution in [0.5, 0.6) is 0 Å². The second-order valence-electron chi connectivity index (χ2n) is 9.51. The maximum Gasteiger partial charge on any atom is 0.247 e. The Bertz CT molecular complexity index is 1490. The summed E-state index contributed by atoms with van der Waals surface area (Å²) in [6.45, 7) is 6.10. The standard InChI is InChI=1S/C30H31FN6O2/c1-2-28(39)34-23-7-3-5-20(17-23)25-8-4-6-21-19-32-30(36-29(21)25)35-24-9-10-27(26(31)18-24)33-22-11-13-37(14-12-22)15-16-38/h2-10,17-19,22,33,38H,1,11-16H2,(H,34,39)(H,32,35,36). The number of para-hydroxylation sites is 1. The lowest BCUT2D eigenvalue weighted by molar-refractivity contribution is -0.111. The number of piperidine rings is 1. The molecule has 1 fully saturated rings. The zero-order valence-electron chi connectivity index (χ0n) is 21.5. The number of fused-ring (bicyclic) bond motifs is 1. The first kappa shape index (κ1) is 26.3. The van der Waals surface area contributed by atoms with Crippen LogP contribution in [0.1, 0.15) is 12.8 Å². The topological polar surface area (TPSA) is 102 Å². The highest BCUT2D eigenvalue weighted by Crippen LogP contribution is 2.30. The predicted molar refractivity (Wildman–Crippen MR) is 154 cm³/mol. The average Bonchev–Trinajstić information content (AvgIpc) is 2.95. The number of aromatic nitrogens is 2. The molecule has 8 nitrogen and oxygen atoms in total. The van der Waals surface area contributed by atoms with Crippen molar-refractivity contribution in [3.63, 3.8) is 0 Å². The summed E-state index contributed by atoms with van der Waals surface area (Å²) in [6.07, 6.45) is 4.75. The van der Waals surface area contributed by atoms with Gasteiger partial charge in [0.2, 0.25) is 11.9 Å². The van der Waals surface area contributed by atoms with Gasteiger partial charge in [0.25, 0.3) is 0 Å². The number of likely N-dealkylation sites (tertiary alicyclic amines) is 1. The van der Waals surface area contributed by atoms with Crippen LogP contribution in [0.4, 0.5) is 27.4 Å². The maximum atomic E-state index is 15.0. The molecule has 1 saturated heterocycles. The van der Waals surface area contributed by atoms with E-state index in [1.807, 2.05) is 42.5 Å². The molecule has 0 bridgehead atoms. The largest absolute Gasteiger partial charge is 0.395 e. The Kier molecular flexibility index (Phi) is 8.10. The quantitative estimate of drug-likeness (QED) is 0.223. The number of halogens is 1. The van der Waals surface area contributed by atoms with Crippen LogP contribution in [0, 0.1) is 5.82 Å². The number of nitrogens with one attached hydrogen (secondary N) is 3. The lowest BCUT2D eigenvalue weighted by atomic mass is 10.0. The first-order valence-electron chi connectivity index (χ1n) is 13.0. The SMILES string of the molecule is C=CC(=O)Nc1cccc(-c2cccc3cnc(Nc4ccc(NC5CCN(CCO)CC5)c(F)c4)nc23)c1. The number of hydrogen-bond donors (Lipinski definition) is 4. The van der Waals surface area contributed by atoms with Crippen LogP contribution in [0.3, 0.4) is 0 Å². The molecule has 0 atom stereocenters. The number of nitrogens with zero attached hydrogens (tertiary/aromatic N) is 3. The number of β-amino-alcohol motifs (C(OH)–C–C–N with tert-alkyl or cyclic N) is 1. The fourth-order valence-electron chi connectivity index (χ4n) is 4.81. The normalized spacial score (nSPS) is 14.2. The van der Waals surface area contributed by atoms with Gasteiger partial charge in [-0.3, -0.25) is 4.79 Å². The predicted octanol–water partition coefficient (Wildman–Crippen LogP) is 5.17. The van der Waals surface area contributed by atoms with Crippen molar-refractivity contribution in [2.45, 2.75) is 18.9 Å². The molecule has 1 aliphatic rings. The summed E-state index contributed by atoms with van der Waals surface area (Å²) < 4.78 is 15.0. The highest BCUT2D eigenvalue weighted by atomic mass is 19.1. The van der Waals surface area contributed by atoms with E-state index >= 15 is 0 Å². The van der Waals surface area contributed by atoms with Crippen molar-refractivity contribution in [1.82, 2.24) is 14.9 Å². The molecule has 1 aliphatic heterocycles. The smallest absolute Gasteiger partial charge is 0.247 e. The number of benzene rings is 3. The van der Waals surface area contributed by atoms with E-state index in [4.69, 9.17) is 10.1 Å². The van der Waals surface area contributed by atoms with E-state index in [1.165, 1.54) is 12.1 Å². The molecule has 4 N–H and O–H groups in total. The number of rotatable bonds is 9. The van der Waals surface area contributed by atoms with Crippen LogP contribution >= 0.6 is 0 Å². The average molecular weight is 527 g/mol. The van der Waals surface area contributed by atoms with Crippen LogP contribution in [0.25, 0.3) is 22.0 Å². The molecule has 3 aromatic carbocycles. The van der Waals surface area contributed by atoms with Crippen LogP contribution < -0.4 is 16.0 Å². The summed E-state index contributed by atoms with van der Waals surface area (Å²) in [5, 5.41) is 19.2. The summed E-state index contributed by atoms with van der Waals surface area (Å²) in [6, 6.07) is 18.5. The van der Waals surface area contributed by atoms with E-state index in [-0.39, 0.29) is 24.4 Å². The van der Waals surface area contributed by atoms with Gasteiger partial charge in [-0.1, -0.05) is 36.9 Å². The third-order valence-corrected chi connectivity index (χ3v) is 6.83. The third kappa shape index (κ3) is 6.39. The molecule has 1 amide bonds. The summed E-state index contributed by atoms with van der Waals surface area (Å²) >= 11 is 0. The molecule has 39 heavy (non-hydrogen) atoms. The Labute approximate surface area is 226 Å².